The van der Waals surface area contributed by atoms with E-state index in [1.807, 2.05) is 0 Å². The fourth-order valence-electron chi connectivity index (χ4n) is 0.716. The van der Waals surface area contributed by atoms with Gasteiger partial charge >= 0.3 is 0 Å². The fraction of sp³-hybridized carbons (Fsp3) is 0.500. The molecule has 0 fully saturated rings. The first-order valence-corrected chi connectivity index (χ1v) is 3.66. The second-order valence-corrected chi connectivity index (χ2v) is 2.61. The Hall–Kier alpha value is -1.32. The third kappa shape index (κ3) is 4.49. The van der Waals surface area contributed by atoms with Crippen LogP contribution in [-0.4, -0.2) is 11.8 Å². The van der Waals surface area contributed by atoms with Gasteiger partial charge in [0.1, 0.15) is 0 Å². The highest BCUT2D eigenvalue weighted by atomic mass is 16.2. The van der Waals surface area contributed by atoms with Crippen LogP contribution in [0.4, 0.5) is 0 Å². The molecule has 0 radical (unpaired) electrons. The van der Waals surface area contributed by atoms with Crippen molar-refractivity contribution in [2.45, 2.75) is 27.7 Å². The van der Waals surface area contributed by atoms with Gasteiger partial charge < -0.3 is 10.6 Å². The van der Waals surface area contributed by atoms with Crippen LogP contribution in [0.25, 0.3) is 0 Å². The molecule has 4 nitrogen and oxygen atoms in total. The Kier molecular flexibility index (Phi) is 4.04. The number of carbonyl (C=O) groups is 2. The van der Waals surface area contributed by atoms with E-state index in [-0.39, 0.29) is 11.8 Å². The van der Waals surface area contributed by atoms with Crippen molar-refractivity contribution in [2.24, 2.45) is 0 Å². The van der Waals surface area contributed by atoms with Crippen molar-refractivity contribution >= 4 is 11.8 Å². The number of allylic oxidation sites excluding steroid dienone is 2. The molecular weight excluding hydrogens is 156 g/mol. The minimum Gasteiger partial charge on any atom is -0.329 e. The molecule has 2 amide bonds. The van der Waals surface area contributed by atoms with Gasteiger partial charge in [-0.15, -0.1) is 0 Å². The molecule has 0 aliphatic rings. The summed E-state index contributed by atoms with van der Waals surface area (Å²) in [5.41, 5.74) is 1.33. The minimum atomic E-state index is -0.141. The van der Waals surface area contributed by atoms with Crippen LogP contribution in [0.5, 0.6) is 0 Å². The van der Waals surface area contributed by atoms with E-state index in [2.05, 4.69) is 10.6 Å². The fourth-order valence-corrected chi connectivity index (χ4v) is 0.716. The van der Waals surface area contributed by atoms with E-state index in [0.717, 1.165) is 0 Å². The highest BCUT2D eigenvalue weighted by molar-refractivity contribution is 5.77. The first-order chi connectivity index (χ1) is 5.43. The first kappa shape index (κ1) is 10.7. The van der Waals surface area contributed by atoms with Crippen LogP contribution < -0.4 is 10.6 Å². The minimum absolute atomic E-state index is 0.141. The van der Waals surface area contributed by atoms with Gasteiger partial charge in [0.25, 0.3) is 0 Å². The molecule has 0 aromatic carbocycles. The van der Waals surface area contributed by atoms with Crippen LogP contribution in [-0.2, 0) is 9.59 Å². The van der Waals surface area contributed by atoms with Gasteiger partial charge in [0, 0.05) is 25.2 Å². The van der Waals surface area contributed by atoms with Crippen LogP contribution in [0.15, 0.2) is 11.4 Å². The predicted molar refractivity (Wildman–Crippen MR) is 46.0 cm³/mol. The number of amides is 2. The van der Waals surface area contributed by atoms with Crippen molar-refractivity contribution in [3.05, 3.63) is 11.4 Å². The monoisotopic (exact) mass is 170 g/mol. The molecule has 12 heavy (non-hydrogen) atoms. The molecule has 0 bridgehead atoms. The smallest absolute Gasteiger partial charge is 0.221 e. The molecule has 0 atom stereocenters. The third-order valence-corrected chi connectivity index (χ3v) is 1.29. The van der Waals surface area contributed by atoms with E-state index in [0.29, 0.717) is 11.4 Å². The highest BCUT2D eigenvalue weighted by Gasteiger charge is 1.99. The second-order valence-electron chi connectivity index (χ2n) is 2.61. The van der Waals surface area contributed by atoms with Gasteiger partial charge in [0.15, 0.2) is 0 Å². The SMILES string of the molecule is CC(=O)N/C(C)=C(/C)NC(C)=O. The first-order valence-electron chi connectivity index (χ1n) is 3.66. The van der Waals surface area contributed by atoms with Crippen molar-refractivity contribution in [3.8, 4) is 0 Å². The Morgan fingerprint density at radius 3 is 1.17 bits per heavy atom. The van der Waals surface area contributed by atoms with E-state index >= 15 is 0 Å². The predicted octanol–water partition coefficient (Wildman–Crippen LogP) is 0.510. The van der Waals surface area contributed by atoms with Crippen molar-refractivity contribution in [2.75, 3.05) is 0 Å². The van der Waals surface area contributed by atoms with Gasteiger partial charge in [-0.3, -0.25) is 9.59 Å². The summed E-state index contributed by atoms with van der Waals surface area (Å²) in [5, 5.41) is 5.15. The summed E-state index contributed by atoms with van der Waals surface area (Å²) < 4.78 is 0. The molecule has 0 unspecified atom stereocenters. The lowest BCUT2D eigenvalue weighted by molar-refractivity contribution is -0.119. The standard InChI is InChI=1S/C8H14N2O2/c1-5(9-7(3)11)6(2)10-8(4)12/h1-4H3,(H,9,11)(H,10,12)/b6-5-. The molecule has 0 aromatic rings. The maximum atomic E-state index is 10.6. The van der Waals surface area contributed by atoms with Gasteiger partial charge in [-0.2, -0.15) is 0 Å². The van der Waals surface area contributed by atoms with E-state index in [4.69, 9.17) is 0 Å². The van der Waals surface area contributed by atoms with Crippen molar-refractivity contribution in [1.82, 2.24) is 10.6 Å². The van der Waals surface area contributed by atoms with Gasteiger partial charge in [0.2, 0.25) is 11.8 Å². The summed E-state index contributed by atoms with van der Waals surface area (Å²) in [7, 11) is 0. The molecular formula is C8H14N2O2. The zero-order chi connectivity index (χ0) is 9.72. The van der Waals surface area contributed by atoms with Crippen molar-refractivity contribution in [3.63, 3.8) is 0 Å². The zero-order valence-corrected chi connectivity index (χ0v) is 7.82. The molecule has 0 aliphatic heterocycles. The summed E-state index contributed by atoms with van der Waals surface area (Å²) in [6, 6.07) is 0. The molecule has 4 heteroatoms. The number of nitrogens with one attached hydrogen (secondary N) is 2. The second kappa shape index (κ2) is 4.54. The quantitative estimate of drug-likeness (QED) is 0.634. The Labute approximate surface area is 72.0 Å². The maximum Gasteiger partial charge on any atom is 0.221 e. The molecule has 2 N–H and O–H groups in total. The molecule has 0 saturated heterocycles. The molecule has 0 rings (SSSR count). The summed E-state index contributed by atoms with van der Waals surface area (Å²) >= 11 is 0. The molecule has 68 valence electrons. The molecule has 0 spiro atoms. The third-order valence-electron chi connectivity index (χ3n) is 1.29. The van der Waals surface area contributed by atoms with Gasteiger partial charge in [0.05, 0.1) is 0 Å². The van der Waals surface area contributed by atoms with Crippen molar-refractivity contribution < 1.29 is 9.59 Å². The van der Waals surface area contributed by atoms with Gasteiger partial charge in [-0.25, -0.2) is 0 Å². The zero-order valence-electron chi connectivity index (χ0n) is 7.82. The van der Waals surface area contributed by atoms with Crippen LogP contribution in [0.2, 0.25) is 0 Å². The van der Waals surface area contributed by atoms with Crippen LogP contribution in [0.1, 0.15) is 27.7 Å². The summed E-state index contributed by atoms with van der Waals surface area (Å²) in [6.45, 7) is 6.30. The van der Waals surface area contributed by atoms with Crippen LogP contribution in [0.3, 0.4) is 0 Å². The Morgan fingerprint density at radius 2 is 1.00 bits per heavy atom. The van der Waals surface area contributed by atoms with Crippen LogP contribution in [0, 0.1) is 0 Å². The largest absolute Gasteiger partial charge is 0.329 e. The lowest BCUT2D eigenvalue weighted by Crippen LogP contribution is -2.25. The average molecular weight is 170 g/mol. The number of hydrogen-bond donors (Lipinski definition) is 2. The average Bonchev–Trinajstić information content (AvgIpc) is 1.84. The van der Waals surface area contributed by atoms with Crippen LogP contribution >= 0.6 is 0 Å². The number of hydrogen-bond acceptors (Lipinski definition) is 2. The normalized spacial score (nSPS) is 11.7. The number of carbonyl (C=O) groups excluding carboxylic acids is 2. The molecule has 0 heterocycles. The topological polar surface area (TPSA) is 58.2 Å². The Morgan fingerprint density at radius 1 is 0.750 bits per heavy atom. The Balaban J connectivity index is 4.25. The lowest BCUT2D eigenvalue weighted by atomic mass is 10.3. The summed E-state index contributed by atoms with van der Waals surface area (Å²) in [4.78, 5) is 21.2. The number of rotatable bonds is 2. The lowest BCUT2D eigenvalue weighted by Gasteiger charge is -2.07. The van der Waals surface area contributed by atoms with Gasteiger partial charge in [-0.1, -0.05) is 0 Å². The molecule has 0 aliphatic carbocycles. The molecule has 0 aromatic heterocycles. The van der Waals surface area contributed by atoms with Crippen molar-refractivity contribution in [1.29, 1.82) is 0 Å². The summed E-state index contributed by atoms with van der Waals surface area (Å²) in [6.07, 6.45) is 0. The summed E-state index contributed by atoms with van der Waals surface area (Å²) in [5.74, 6) is -0.283. The van der Waals surface area contributed by atoms with E-state index < -0.39 is 0 Å². The van der Waals surface area contributed by atoms with E-state index in [1.54, 1.807) is 13.8 Å². The van der Waals surface area contributed by atoms with Gasteiger partial charge in [-0.05, 0) is 13.8 Å². The Bertz CT molecular complexity index is 207. The maximum absolute atomic E-state index is 10.6. The molecule has 0 saturated carbocycles. The van der Waals surface area contributed by atoms with E-state index in [1.165, 1.54) is 13.8 Å². The highest BCUT2D eigenvalue weighted by Crippen LogP contribution is 1.94. The van der Waals surface area contributed by atoms with E-state index in [9.17, 15) is 9.59 Å².